The normalized spacial score (nSPS) is 11.6. The second-order valence-corrected chi connectivity index (χ2v) is 10.1. The van der Waals surface area contributed by atoms with Gasteiger partial charge >= 0.3 is 0 Å². The number of anilines is 3. The first-order valence-corrected chi connectivity index (χ1v) is 12.3. The number of hydrogen-bond donors (Lipinski definition) is 2. The van der Waals surface area contributed by atoms with E-state index >= 15 is 0 Å². The van der Waals surface area contributed by atoms with E-state index in [1.807, 2.05) is 37.3 Å². The highest BCUT2D eigenvalue weighted by molar-refractivity contribution is 7.91. The molecule has 176 valence electrons. The van der Waals surface area contributed by atoms with Crippen molar-refractivity contribution >= 4 is 49.5 Å². The monoisotopic (exact) mass is 486 g/mol. The van der Waals surface area contributed by atoms with Gasteiger partial charge in [0.1, 0.15) is 5.82 Å². The second-order valence-electron chi connectivity index (χ2n) is 8.26. The van der Waals surface area contributed by atoms with Crippen LogP contribution in [0.5, 0.6) is 0 Å². The molecule has 0 aliphatic heterocycles. The number of aromatic nitrogens is 4. The van der Waals surface area contributed by atoms with Crippen molar-refractivity contribution in [2.75, 3.05) is 10.6 Å². The van der Waals surface area contributed by atoms with E-state index in [9.17, 15) is 13.2 Å². The number of rotatable bonds is 5. The van der Waals surface area contributed by atoms with Crippen LogP contribution in [0.15, 0.2) is 76.7 Å². The number of carbonyl (C=O) groups excluding carboxylic acids is 1. The maximum absolute atomic E-state index is 13.6. The molecule has 2 heterocycles. The molecule has 9 nitrogen and oxygen atoms in total. The molecule has 3 aromatic carbocycles. The standard InChI is InChI=1S/C25H22N6O3S/c1-15-8-9-16(2)22(14-15)35(33,34)25-24-28-23(20-6-4-5-7-21(20)31(24)30-29-25)27-19-12-10-18(11-13-19)26-17(3)32/h4-14H,1-3H3,(H,26,32)(H,27,28). The largest absolute Gasteiger partial charge is 0.340 e. The van der Waals surface area contributed by atoms with Gasteiger partial charge in [0, 0.05) is 23.7 Å². The van der Waals surface area contributed by atoms with E-state index in [1.54, 1.807) is 43.3 Å². The molecule has 5 aromatic rings. The van der Waals surface area contributed by atoms with Crippen LogP contribution in [0.25, 0.3) is 16.6 Å². The molecule has 0 atom stereocenters. The number of amides is 1. The van der Waals surface area contributed by atoms with Crippen molar-refractivity contribution in [3.63, 3.8) is 0 Å². The zero-order valence-electron chi connectivity index (χ0n) is 19.3. The predicted octanol–water partition coefficient (Wildman–Crippen LogP) is 4.43. The van der Waals surface area contributed by atoms with Gasteiger partial charge in [-0.1, -0.05) is 29.5 Å². The van der Waals surface area contributed by atoms with Crippen LogP contribution in [0.2, 0.25) is 0 Å². The van der Waals surface area contributed by atoms with Crippen LogP contribution >= 0.6 is 0 Å². The average Bonchev–Trinajstić information content (AvgIpc) is 3.26. The first-order valence-electron chi connectivity index (χ1n) is 10.9. The van der Waals surface area contributed by atoms with E-state index in [0.29, 0.717) is 28.3 Å². The summed E-state index contributed by atoms with van der Waals surface area (Å²) in [6, 6.07) is 19.8. The van der Waals surface area contributed by atoms with E-state index in [0.717, 1.165) is 10.9 Å². The summed E-state index contributed by atoms with van der Waals surface area (Å²) in [4.78, 5) is 16.1. The minimum Gasteiger partial charge on any atom is -0.340 e. The Balaban J connectivity index is 1.66. The third-order valence-corrected chi connectivity index (χ3v) is 7.37. The van der Waals surface area contributed by atoms with Gasteiger partial charge in [-0.05, 0) is 67.4 Å². The molecule has 0 aliphatic carbocycles. The van der Waals surface area contributed by atoms with Crippen molar-refractivity contribution < 1.29 is 13.2 Å². The van der Waals surface area contributed by atoms with E-state index in [4.69, 9.17) is 0 Å². The molecule has 0 spiro atoms. The first-order chi connectivity index (χ1) is 16.7. The smallest absolute Gasteiger partial charge is 0.229 e. The number of para-hydroxylation sites is 1. The number of carbonyl (C=O) groups is 1. The minimum atomic E-state index is -3.98. The van der Waals surface area contributed by atoms with Crippen LogP contribution in [0, 0.1) is 13.8 Å². The van der Waals surface area contributed by atoms with Gasteiger partial charge < -0.3 is 10.6 Å². The van der Waals surface area contributed by atoms with Crippen molar-refractivity contribution in [1.29, 1.82) is 0 Å². The molecule has 5 rings (SSSR count). The summed E-state index contributed by atoms with van der Waals surface area (Å²) in [7, 11) is -3.98. The summed E-state index contributed by atoms with van der Waals surface area (Å²) in [5.41, 5.74) is 3.61. The summed E-state index contributed by atoms with van der Waals surface area (Å²) >= 11 is 0. The van der Waals surface area contributed by atoms with Crippen molar-refractivity contribution in [2.24, 2.45) is 0 Å². The maximum atomic E-state index is 13.6. The molecule has 2 aromatic heterocycles. The van der Waals surface area contributed by atoms with Crippen LogP contribution in [-0.2, 0) is 14.6 Å². The molecule has 0 unspecified atom stereocenters. The number of nitrogens with zero attached hydrogens (tertiary/aromatic N) is 4. The minimum absolute atomic E-state index is 0.127. The number of hydrogen-bond acceptors (Lipinski definition) is 7. The van der Waals surface area contributed by atoms with Crippen molar-refractivity contribution in [2.45, 2.75) is 30.7 Å². The number of aryl methyl sites for hydroxylation is 2. The molecular weight excluding hydrogens is 464 g/mol. The third-order valence-electron chi connectivity index (χ3n) is 5.58. The van der Waals surface area contributed by atoms with Crippen molar-refractivity contribution in [1.82, 2.24) is 19.8 Å². The maximum Gasteiger partial charge on any atom is 0.229 e. The zero-order valence-corrected chi connectivity index (χ0v) is 20.1. The lowest BCUT2D eigenvalue weighted by molar-refractivity contribution is -0.114. The topological polar surface area (TPSA) is 118 Å². The van der Waals surface area contributed by atoms with Crippen LogP contribution in [0.3, 0.4) is 0 Å². The van der Waals surface area contributed by atoms with Crippen LogP contribution < -0.4 is 10.6 Å². The molecule has 0 aliphatic rings. The predicted molar refractivity (Wildman–Crippen MR) is 134 cm³/mol. The highest BCUT2D eigenvalue weighted by Crippen LogP contribution is 2.31. The van der Waals surface area contributed by atoms with Crippen LogP contribution in [0.1, 0.15) is 18.1 Å². The molecule has 35 heavy (non-hydrogen) atoms. The number of fused-ring (bicyclic) bond motifs is 3. The van der Waals surface area contributed by atoms with Crippen molar-refractivity contribution in [3.8, 4) is 0 Å². The van der Waals surface area contributed by atoms with Gasteiger partial charge in [0.15, 0.2) is 5.65 Å². The molecule has 0 radical (unpaired) electrons. The number of sulfone groups is 1. The molecule has 1 amide bonds. The Morgan fingerprint density at radius 3 is 2.40 bits per heavy atom. The Labute approximate surface area is 201 Å². The fourth-order valence-electron chi connectivity index (χ4n) is 3.89. The molecular formula is C25H22N6O3S. The Morgan fingerprint density at radius 2 is 1.66 bits per heavy atom. The van der Waals surface area contributed by atoms with E-state index in [1.165, 1.54) is 11.4 Å². The molecule has 10 heteroatoms. The van der Waals surface area contributed by atoms with Gasteiger partial charge in [-0.3, -0.25) is 4.79 Å². The lowest BCUT2D eigenvalue weighted by atomic mass is 10.2. The van der Waals surface area contributed by atoms with Crippen LogP contribution in [-0.4, -0.2) is 34.1 Å². The molecule has 0 saturated heterocycles. The lowest BCUT2D eigenvalue weighted by Crippen LogP contribution is -2.07. The molecule has 2 N–H and O–H groups in total. The van der Waals surface area contributed by atoms with Gasteiger partial charge in [-0.15, -0.1) is 5.10 Å². The fourth-order valence-corrected chi connectivity index (χ4v) is 5.45. The summed E-state index contributed by atoms with van der Waals surface area (Å²) in [6.45, 7) is 5.03. The lowest BCUT2D eigenvalue weighted by Gasteiger charge is -2.11. The van der Waals surface area contributed by atoms with E-state index in [2.05, 4.69) is 25.9 Å². The van der Waals surface area contributed by atoms with Gasteiger partial charge in [0.2, 0.25) is 20.8 Å². The zero-order chi connectivity index (χ0) is 24.7. The second kappa shape index (κ2) is 8.48. The average molecular weight is 487 g/mol. The quantitative estimate of drug-likeness (QED) is 0.377. The third kappa shape index (κ3) is 4.08. The summed E-state index contributed by atoms with van der Waals surface area (Å²) in [6.07, 6.45) is 0. The van der Waals surface area contributed by atoms with Gasteiger partial charge in [-0.2, -0.15) is 4.52 Å². The fraction of sp³-hybridized carbons (Fsp3) is 0.120. The van der Waals surface area contributed by atoms with Gasteiger partial charge in [-0.25, -0.2) is 13.4 Å². The first kappa shape index (κ1) is 22.5. The summed E-state index contributed by atoms with van der Waals surface area (Å²) < 4.78 is 28.6. The van der Waals surface area contributed by atoms with Gasteiger partial charge in [0.05, 0.1) is 10.4 Å². The molecule has 0 saturated carbocycles. The Morgan fingerprint density at radius 1 is 0.943 bits per heavy atom. The number of benzene rings is 3. The summed E-state index contributed by atoms with van der Waals surface area (Å²) in [5.74, 6) is 0.301. The molecule has 0 bridgehead atoms. The van der Waals surface area contributed by atoms with Crippen LogP contribution in [0.4, 0.5) is 17.2 Å². The van der Waals surface area contributed by atoms with E-state index < -0.39 is 9.84 Å². The van der Waals surface area contributed by atoms with Crippen molar-refractivity contribution in [3.05, 3.63) is 77.9 Å². The Kier molecular flexibility index (Phi) is 5.45. The van der Waals surface area contributed by atoms with Gasteiger partial charge in [0.25, 0.3) is 0 Å². The Hall–Kier alpha value is -4.31. The van der Waals surface area contributed by atoms with E-state index in [-0.39, 0.29) is 21.5 Å². The Bertz CT molecular complexity index is 1710. The SMILES string of the molecule is CC(=O)Nc1ccc(Nc2nc3c(S(=O)(=O)c4cc(C)ccc4C)nnn3c3ccccc23)cc1. The molecule has 0 fully saturated rings. The highest BCUT2D eigenvalue weighted by Gasteiger charge is 2.28. The highest BCUT2D eigenvalue weighted by atomic mass is 32.2. The number of nitrogens with one attached hydrogen (secondary N) is 2. The summed E-state index contributed by atoms with van der Waals surface area (Å²) in [5, 5.41) is 14.7.